The molecule has 0 saturated carbocycles. The summed E-state index contributed by atoms with van der Waals surface area (Å²) >= 11 is 13.7. The number of rotatable bonds is 10. The predicted molar refractivity (Wildman–Crippen MR) is 210 cm³/mol. The van der Waals surface area contributed by atoms with Gasteiger partial charge < -0.3 is 5.11 Å². The fourth-order valence-corrected chi connectivity index (χ4v) is 12.1. The molecule has 0 amide bonds. The van der Waals surface area contributed by atoms with Crippen LogP contribution in [0, 0.1) is 0 Å². The van der Waals surface area contributed by atoms with Gasteiger partial charge in [0.05, 0.1) is 23.9 Å². The summed E-state index contributed by atoms with van der Waals surface area (Å²) in [5, 5.41) is 24.3. The van der Waals surface area contributed by atoms with Crippen LogP contribution in [0.3, 0.4) is 0 Å². The number of hydrogen-bond acceptors (Lipinski definition) is 7. The number of carbonyl (C=O) groups excluding carboxylic acids is 3. The van der Waals surface area contributed by atoms with Gasteiger partial charge in [-0.05, 0) is 12.1 Å². The Morgan fingerprint density at radius 2 is 0.885 bits per heavy atom. The fraction of sp³-hybridized carbons (Fsp3) is 0.231. The standard InChI is InChI=1S/C25H24ClN2OP.C7H9ClN2O.C7H10N2O2/c1-20(29)25-18-21(28(2)27-25)19-30(26,22-12-6-3-7-13-22,23-14-8-4-9-15-23)24-16-10-5-11-17-24;1-5(11)7-3-6(4-8)10(2)9-7;1-5(11)7-3-6(4-10)9(2)8-7/h3-18H,19H2,1-2H3;3H,4H2,1-2H3;3,10H,4H2,1-2H3. The van der Waals surface area contributed by atoms with E-state index in [0.717, 1.165) is 27.3 Å². The van der Waals surface area contributed by atoms with Crippen molar-refractivity contribution < 1.29 is 19.5 Å². The van der Waals surface area contributed by atoms with Gasteiger partial charge in [-0.3, -0.25) is 19.0 Å². The van der Waals surface area contributed by atoms with Crippen molar-refractivity contribution in [2.45, 2.75) is 39.4 Å². The van der Waals surface area contributed by atoms with E-state index in [1.807, 2.05) is 67.7 Å². The van der Waals surface area contributed by atoms with Gasteiger partial charge in [-0.25, -0.2) is 0 Å². The number of aryl methyl sites for hydroxylation is 3. The zero-order valence-corrected chi connectivity index (χ0v) is 32.5. The number of hydrogen-bond donors (Lipinski definition) is 1. The van der Waals surface area contributed by atoms with Crippen molar-refractivity contribution in [2.75, 3.05) is 0 Å². The van der Waals surface area contributed by atoms with Crippen molar-refractivity contribution in [3.8, 4) is 0 Å². The molecule has 0 unspecified atom stereocenters. The number of nitrogens with zero attached hydrogens (tertiary/aromatic N) is 6. The van der Waals surface area contributed by atoms with Crippen LogP contribution < -0.4 is 15.9 Å². The van der Waals surface area contributed by atoms with E-state index in [2.05, 4.69) is 51.7 Å². The topological polar surface area (TPSA) is 125 Å². The van der Waals surface area contributed by atoms with Crippen LogP contribution in [0.1, 0.15) is 69.3 Å². The summed E-state index contributed by atoms with van der Waals surface area (Å²) in [6, 6.07) is 36.1. The van der Waals surface area contributed by atoms with Gasteiger partial charge in [0.2, 0.25) is 0 Å². The van der Waals surface area contributed by atoms with E-state index in [1.54, 1.807) is 35.6 Å². The molecule has 0 fully saturated rings. The van der Waals surface area contributed by atoms with Crippen LogP contribution in [0.15, 0.2) is 109 Å². The van der Waals surface area contributed by atoms with Crippen molar-refractivity contribution in [2.24, 2.45) is 21.1 Å². The van der Waals surface area contributed by atoms with Gasteiger partial charge in [0.25, 0.3) is 0 Å². The Hall–Kier alpha value is -4.73. The number of ketones is 3. The number of aliphatic hydroxyl groups is 1. The van der Waals surface area contributed by atoms with Crippen LogP contribution in [0.4, 0.5) is 0 Å². The first-order chi connectivity index (χ1) is 24.7. The van der Waals surface area contributed by atoms with E-state index < -0.39 is 5.96 Å². The maximum atomic E-state index is 12.0. The molecule has 3 aromatic heterocycles. The minimum absolute atomic E-state index is 0.0306. The Balaban J connectivity index is 0.000000224. The number of carbonyl (C=O) groups is 3. The third-order valence-corrected chi connectivity index (χ3v) is 16.1. The molecule has 10 nitrogen and oxygen atoms in total. The molecule has 0 bridgehead atoms. The van der Waals surface area contributed by atoms with Crippen molar-refractivity contribution >= 4 is 62.1 Å². The molecular formula is C39H43Cl2N6O4P. The molecule has 0 saturated heterocycles. The second-order valence-electron chi connectivity index (χ2n) is 12.2. The Kier molecular flexibility index (Phi) is 13.2. The SMILES string of the molecule is CC(=O)c1cc(CCl)n(C)n1.CC(=O)c1cc(CO)n(C)n1.CC(=O)c1cc(CP(Cl)(c2ccccc2)(c2ccccc2)c2ccccc2)n(C)n1. The number of halogens is 2. The van der Waals surface area contributed by atoms with Gasteiger partial charge in [0.1, 0.15) is 11.4 Å². The molecule has 0 aliphatic heterocycles. The van der Waals surface area contributed by atoms with Crippen LogP contribution in [0.5, 0.6) is 0 Å². The van der Waals surface area contributed by atoms with E-state index >= 15 is 0 Å². The monoisotopic (exact) mass is 760 g/mol. The Morgan fingerprint density at radius 3 is 1.15 bits per heavy atom. The molecular weight excluding hydrogens is 718 g/mol. The normalized spacial score (nSPS) is 11.7. The van der Waals surface area contributed by atoms with Crippen molar-refractivity contribution in [1.82, 2.24) is 29.3 Å². The molecule has 13 heteroatoms. The number of Topliss-reactive ketones (excluding diaryl/α,β-unsaturated/α-hetero) is 3. The molecule has 6 aromatic rings. The fourth-order valence-electron chi connectivity index (χ4n) is 5.70. The van der Waals surface area contributed by atoms with Gasteiger partial charge in [-0.2, -0.15) is 10.2 Å². The first-order valence-corrected chi connectivity index (χ1v) is 20.3. The summed E-state index contributed by atoms with van der Waals surface area (Å²) in [6.45, 7) is 4.39. The van der Waals surface area contributed by atoms with E-state index in [1.165, 1.54) is 25.5 Å². The van der Waals surface area contributed by atoms with Crippen molar-refractivity contribution in [1.29, 1.82) is 0 Å². The Labute approximate surface area is 313 Å². The average Bonchev–Trinajstić information content (AvgIpc) is 3.85. The number of aromatic nitrogens is 6. The van der Waals surface area contributed by atoms with Crippen LogP contribution in [-0.2, 0) is 39.8 Å². The first-order valence-electron chi connectivity index (χ1n) is 16.4. The Morgan fingerprint density at radius 1 is 0.577 bits per heavy atom. The summed E-state index contributed by atoms with van der Waals surface area (Å²) in [4.78, 5) is 33.5. The van der Waals surface area contributed by atoms with Crippen LogP contribution in [0.2, 0.25) is 0 Å². The first kappa shape index (κ1) is 40.0. The quantitative estimate of drug-likeness (QED) is 0.0990. The number of alkyl halides is 1. The Bertz CT molecular complexity index is 1990. The second-order valence-corrected chi connectivity index (χ2v) is 19.0. The third-order valence-electron chi connectivity index (χ3n) is 8.65. The molecule has 52 heavy (non-hydrogen) atoms. The zero-order chi connectivity index (χ0) is 38.1. The predicted octanol–water partition coefficient (Wildman–Crippen LogP) is 6.28. The molecule has 0 spiro atoms. The van der Waals surface area contributed by atoms with Gasteiger partial charge in [-0.15, -0.1) is 11.6 Å². The maximum absolute atomic E-state index is 12.0. The summed E-state index contributed by atoms with van der Waals surface area (Å²) in [5.41, 5.74) is 3.78. The van der Waals surface area contributed by atoms with Crippen LogP contribution >= 0.6 is 28.8 Å². The molecule has 3 heterocycles. The van der Waals surface area contributed by atoms with Gasteiger partial charge in [-0.1, -0.05) is 0 Å². The van der Waals surface area contributed by atoms with Gasteiger partial charge >= 0.3 is 182 Å². The minimum atomic E-state index is -3.44. The molecule has 272 valence electrons. The van der Waals surface area contributed by atoms with Crippen LogP contribution in [0.25, 0.3) is 0 Å². The molecule has 0 aliphatic rings. The number of benzene rings is 3. The summed E-state index contributed by atoms with van der Waals surface area (Å²) < 4.78 is 4.90. The van der Waals surface area contributed by atoms with E-state index in [9.17, 15) is 14.4 Å². The third kappa shape index (κ3) is 8.65. The van der Waals surface area contributed by atoms with E-state index in [-0.39, 0.29) is 24.0 Å². The van der Waals surface area contributed by atoms with Crippen LogP contribution in [-0.4, -0.2) is 51.8 Å². The van der Waals surface area contributed by atoms with E-state index in [4.69, 9.17) is 27.9 Å². The summed E-state index contributed by atoms with van der Waals surface area (Å²) in [7, 11) is 5.34. The second kappa shape index (κ2) is 17.2. The van der Waals surface area contributed by atoms with Gasteiger partial charge in [0, 0.05) is 27.9 Å². The average molecular weight is 762 g/mol. The van der Waals surface area contributed by atoms with E-state index in [0.29, 0.717) is 34.8 Å². The van der Waals surface area contributed by atoms with Crippen molar-refractivity contribution in [3.05, 3.63) is 143 Å². The summed E-state index contributed by atoms with van der Waals surface area (Å²) in [6.07, 6.45) is 0.558. The van der Waals surface area contributed by atoms with Gasteiger partial charge in [0.15, 0.2) is 11.6 Å². The molecule has 0 aliphatic carbocycles. The molecule has 6 rings (SSSR count). The van der Waals surface area contributed by atoms with Crippen molar-refractivity contribution in [3.63, 3.8) is 0 Å². The number of aliphatic hydroxyl groups excluding tert-OH is 1. The zero-order valence-electron chi connectivity index (χ0n) is 30.1. The molecule has 1 N–H and O–H groups in total. The molecule has 0 radical (unpaired) electrons. The molecule has 0 atom stereocenters. The molecule has 3 aromatic carbocycles. The summed E-state index contributed by atoms with van der Waals surface area (Å²) in [5.74, 6) is -3.21.